The minimum Gasteiger partial charge on any atom is -0.0613 e. The zero-order valence-corrected chi connectivity index (χ0v) is 18.9. The summed E-state index contributed by atoms with van der Waals surface area (Å²) < 4.78 is 0. The van der Waals surface area contributed by atoms with Gasteiger partial charge in [0.05, 0.1) is 0 Å². The van der Waals surface area contributed by atoms with E-state index in [9.17, 15) is 0 Å². The molecule has 0 radical (unpaired) electrons. The van der Waals surface area contributed by atoms with Crippen molar-refractivity contribution < 1.29 is 0 Å². The fourth-order valence-electron chi connectivity index (χ4n) is 6.32. The van der Waals surface area contributed by atoms with Crippen molar-refractivity contribution in [3.63, 3.8) is 0 Å². The molecule has 150 valence electrons. The van der Waals surface area contributed by atoms with Crippen molar-refractivity contribution in [2.45, 2.75) is 66.7 Å². The van der Waals surface area contributed by atoms with E-state index < -0.39 is 0 Å². The molecule has 0 saturated carbocycles. The van der Waals surface area contributed by atoms with E-state index in [1.54, 1.807) is 26.9 Å². The summed E-state index contributed by atoms with van der Waals surface area (Å²) in [6, 6.07) is 12.6. The smallest absolute Gasteiger partial charge is 0.00108 e. The third-order valence-electron chi connectivity index (χ3n) is 7.82. The van der Waals surface area contributed by atoms with E-state index in [0.29, 0.717) is 0 Å². The summed E-state index contributed by atoms with van der Waals surface area (Å²) in [4.78, 5) is 0. The molecular formula is C30H30. The maximum atomic E-state index is 2.53. The fraction of sp³-hybridized carbons (Fsp3) is 0.333. The van der Waals surface area contributed by atoms with Gasteiger partial charge in [-0.2, -0.15) is 0 Å². The molecule has 6 aromatic carbocycles. The maximum Gasteiger partial charge on any atom is -0.00108 e. The third-order valence-corrected chi connectivity index (χ3v) is 7.82. The quantitative estimate of drug-likeness (QED) is 0.259. The molecule has 0 aliphatic rings. The van der Waals surface area contributed by atoms with Gasteiger partial charge in [-0.3, -0.25) is 0 Å². The van der Waals surface area contributed by atoms with Gasteiger partial charge in [0.15, 0.2) is 0 Å². The Labute approximate surface area is 178 Å². The van der Waals surface area contributed by atoms with E-state index in [0.717, 1.165) is 32.1 Å². The average Bonchev–Trinajstić information content (AvgIpc) is 3.15. The van der Waals surface area contributed by atoms with E-state index in [2.05, 4.69) is 65.0 Å². The fourth-order valence-corrected chi connectivity index (χ4v) is 6.32. The standard InChI is InChI=1S/C30H30/c1-6-16-11-22-18(8-3)13-24-20(10-5)15-25-19(9-4)14-23-17(7-2)12-21(16)26-27(22)29(24)30(25)28(23)26/h11-15H,6-10H2,1-5H3. The monoisotopic (exact) mass is 390 g/mol. The molecule has 0 N–H and O–H groups in total. The molecule has 0 amide bonds. The van der Waals surface area contributed by atoms with Gasteiger partial charge in [-0.25, -0.2) is 0 Å². The Kier molecular flexibility index (Phi) is 3.76. The molecule has 0 saturated heterocycles. The molecular weight excluding hydrogens is 360 g/mol. The molecule has 6 rings (SSSR count). The van der Waals surface area contributed by atoms with Crippen molar-refractivity contribution >= 4 is 53.9 Å². The van der Waals surface area contributed by atoms with Gasteiger partial charge < -0.3 is 0 Å². The highest BCUT2D eigenvalue weighted by molar-refractivity contribution is 6.45. The van der Waals surface area contributed by atoms with Crippen LogP contribution in [0.15, 0.2) is 30.3 Å². The lowest BCUT2D eigenvalue weighted by Gasteiger charge is -2.15. The summed E-state index contributed by atoms with van der Waals surface area (Å²) in [6.07, 6.45) is 5.46. The Balaban J connectivity index is 2.08. The van der Waals surface area contributed by atoms with Gasteiger partial charge >= 0.3 is 0 Å². The van der Waals surface area contributed by atoms with Crippen molar-refractivity contribution in [3.05, 3.63) is 58.1 Å². The Bertz CT molecular complexity index is 1250. The lowest BCUT2D eigenvalue weighted by Crippen LogP contribution is -1.93. The van der Waals surface area contributed by atoms with Crippen LogP contribution in [0.3, 0.4) is 0 Å². The van der Waals surface area contributed by atoms with Crippen molar-refractivity contribution in [1.29, 1.82) is 0 Å². The SMILES string of the molecule is CCc1cc2c(CC)cc3c(CC)cc4c(CC)cc5c(CC)cc1c1c5c4c3c21. The van der Waals surface area contributed by atoms with E-state index in [-0.39, 0.29) is 0 Å². The van der Waals surface area contributed by atoms with Crippen molar-refractivity contribution in [2.75, 3.05) is 0 Å². The molecule has 0 heteroatoms. The summed E-state index contributed by atoms with van der Waals surface area (Å²) in [6.45, 7) is 11.6. The van der Waals surface area contributed by atoms with Gasteiger partial charge in [0.25, 0.3) is 0 Å². The number of hydrogen-bond acceptors (Lipinski definition) is 0. The van der Waals surface area contributed by atoms with Crippen LogP contribution in [0.25, 0.3) is 53.9 Å². The summed E-state index contributed by atoms with van der Waals surface area (Å²) in [5, 5.41) is 15.3. The average molecular weight is 391 g/mol. The molecule has 0 unspecified atom stereocenters. The highest BCUT2D eigenvalue weighted by atomic mass is 14.3. The second-order valence-corrected chi connectivity index (χ2v) is 9.06. The number of hydrogen-bond donors (Lipinski definition) is 0. The van der Waals surface area contributed by atoms with Crippen LogP contribution in [-0.4, -0.2) is 0 Å². The first-order valence-electron chi connectivity index (χ1n) is 11.9. The van der Waals surface area contributed by atoms with Gasteiger partial charge in [0, 0.05) is 0 Å². The third kappa shape index (κ3) is 1.98. The number of rotatable bonds is 5. The van der Waals surface area contributed by atoms with Crippen LogP contribution in [0.4, 0.5) is 0 Å². The highest BCUT2D eigenvalue weighted by Crippen LogP contribution is 2.52. The van der Waals surface area contributed by atoms with Crippen LogP contribution < -0.4 is 0 Å². The van der Waals surface area contributed by atoms with Crippen LogP contribution in [0.5, 0.6) is 0 Å². The second kappa shape index (κ2) is 6.20. The lowest BCUT2D eigenvalue weighted by atomic mass is 9.89. The lowest BCUT2D eigenvalue weighted by molar-refractivity contribution is 1.14. The predicted octanol–water partition coefficient (Wildman–Crippen LogP) is 8.58. The first-order valence-corrected chi connectivity index (χ1v) is 11.9. The summed E-state index contributed by atoms with van der Waals surface area (Å²) in [5.74, 6) is 0. The van der Waals surface area contributed by atoms with Crippen LogP contribution in [0, 0.1) is 0 Å². The molecule has 0 aromatic heterocycles. The van der Waals surface area contributed by atoms with Gasteiger partial charge in [0.2, 0.25) is 0 Å². The van der Waals surface area contributed by atoms with Gasteiger partial charge in [-0.1, -0.05) is 65.0 Å². The summed E-state index contributed by atoms with van der Waals surface area (Å²) in [7, 11) is 0. The summed E-state index contributed by atoms with van der Waals surface area (Å²) >= 11 is 0. The Hall–Kier alpha value is -2.60. The Morgan fingerprint density at radius 1 is 0.333 bits per heavy atom. The van der Waals surface area contributed by atoms with Crippen molar-refractivity contribution in [3.8, 4) is 0 Å². The van der Waals surface area contributed by atoms with E-state index in [1.807, 2.05) is 0 Å². The first-order chi connectivity index (χ1) is 14.7. The molecule has 0 heterocycles. The van der Waals surface area contributed by atoms with E-state index in [1.165, 1.54) is 54.7 Å². The molecule has 0 atom stereocenters. The Morgan fingerprint density at radius 2 is 0.500 bits per heavy atom. The molecule has 0 bridgehead atoms. The molecule has 0 nitrogen and oxygen atoms in total. The second-order valence-electron chi connectivity index (χ2n) is 9.06. The molecule has 30 heavy (non-hydrogen) atoms. The van der Waals surface area contributed by atoms with Gasteiger partial charge in [-0.05, 0) is 114 Å². The normalized spacial score (nSPS) is 12.8. The van der Waals surface area contributed by atoms with E-state index >= 15 is 0 Å². The maximum absolute atomic E-state index is 2.53. The zero-order valence-electron chi connectivity index (χ0n) is 18.9. The van der Waals surface area contributed by atoms with Crippen LogP contribution in [0.2, 0.25) is 0 Å². The van der Waals surface area contributed by atoms with Crippen LogP contribution in [-0.2, 0) is 32.1 Å². The summed E-state index contributed by atoms with van der Waals surface area (Å²) in [5.41, 5.74) is 7.57. The zero-order chi connectivity index (χ0) is 20.7. The van der Waals surface area contributed by atoms with Crippen LogP contribution >= 0.6 is 0 Å². The molecule has 0 aliphatic heterocycles. The molecule has 0 fully saturated rings. The molecule has 0 spiro atoms. The minimum absolute atomic E-state index is 1.09. The van der Waals surface area contributed by atoms with Crippen LogP contribution in [0.1, 0.15) is 62.4 Å². The minimum atomic E-state index is 1.09. The topological polar surface area (TPSA) is 0 Å². The first kappa shape index (κ1) is 18.2. The van der Waals surface area contributed by atoms with E-state index in [4.69, 9.17) is 0 Å². The van der Waals surface area contributed by atoms with Gasteiger partial charge in [-0.15, -0.1) is 0 Å². The molecule has 0 aliphatic carbocycles. The number of benzene rings is 5. The Morgan fingerprint density at radius 3 is 0.633 bits per heavy atom. The molecule has 6 aromatic rings. The van der Waals surface area contributed by atoms with Gasteiger partial charge in [0.1, 0.15) is 0 Å². The predicted molar refractivity (Wildman–Crippen MR) is 134 cm³/mol. The number of aryl methyl sites for hydroxylation is 5. The largest absolute Gasteiger partial charge is 0.0613 e. The van der Waals surface area contributed by atoms with Crippen molar-refractivity contribution in [1.82, 2.24) is 0 Å². The van der Waals surface area contributed by atoms with Crippen molar-refractivity contribution in [2.24, 2.45) is 0 Å². The highest BCUT2D eigenvalue weighted by Gasteiger charge is 2.26.